The predicted molar refractivity (Wildman–Crippen MR) is 51.3 cm³/mol. The van der Waals surface area contributed by atoms with Crippen molar-refractivity contribution in [2.75, 3.05) is 0 Å². The Labute approximate surface area is 83.9 Å². The molecule has 0 N–H and O–H groups in total. The molecule has 1 nitrogen and oxygen atoms in total. The van der Waals surface area contributed by atoms with Crippen molar-refractivity contribution in [1.29, 1.82) is 0 Å². The average molecular weight is 255 g/mol. The number of rotatable bonds is 2. The molecule has 0 aromatic carbocycles. The third-order valence-electron chi connectivity index (χ3n) is 1.19. The zero-order chi connectivity index (χ0) is 8.27. The summed E-state index contributed by atoms with van der Waals surface area (Å²) in [6, 6.07) is 5.60. The normalized spacial score (nSPS) is 13.0. The van der Waals surface area contributed by atoms with Crippen LogP contribution in [0.5, 0.6) is 0 Å². The molecule has 0 bridgehead atoms. The van der Waals surface area contributed by atoms with Crippen molar-refractivity contribution in [3.05, 3.63) is 29.6 Å². The van der Waals surface area contributed by atoms with Crippen molar-refractivity contribution in [2.45, 2.75) is 10.2 Å². The number of nitrogens with zero attached hydrogens (tertiary/aromatic N) is 1. The Kier molecular flexibility index (Phi) is 3.63. The lowest BCUT2D eigenvalue weighted by Crippen LogP contribution is -1.91. The fourth-order valence-electron chi connectivity index (χ4n) is 0.694. The molecule has 1 atom stereocenters. The summed E-state index contributed by atoms with van der Waals surface area (Å²) in [7, 11) is 0. The van der Waals surface area contributed by atoms with Crippen molar-refractivity contribution in [1.82, 2.24) is 4.98 Å². The van der Waals surface area contributed by atoms with E-state index in [0.717, 1.165) is 11.4 Å². The Morgan fingerprint density at radius 3 is 2.82 bits per heavy atom. The minimum absolute atomic E-state index is 0.231. The molecule has 1 rings (SSSR count). The molecule has 60 valence electrons. The Balaban J connectivity index is 2.91. The van der Waals surface area contributed by atoms with Crippen molar-refractivity contribution in [3.63, 3.8) is 0 Å². The van der Waals surface area contributed by atoms with Gasteiger partial charge in [-0.2, -0.15) is 0 Å². The quantitative estimate of drug-likeness (QED) is 0.737. The van der Waals surface area contributed by atoms with Gasteiger partial charge in [-0.1, -0.05) is 22.0 Å². The molecule has 1 aromatic heterocycles. The van der Waals surface area contributed by atoms with Crippen molar-refractivity contribution in [3.8, 4) is 0 Å². The van der Waals surface area contributed by atoms with Crippen LogP contribution in [0.2, 0.25) is 0 Å². The summed E-state index contributed by atoms with van der Waals surface area (Å²) in [6.45, 7) is 0. The van der Waals surface area contributed by atoms with Crippen molar-refractivity contribution >= 4 is 39.1 Å². The molecule has 0 amide bonds. The van der Waals surface area contributed by atoms with Crippen LogP contribution >= 0.6 is 39.1 Å². The van der Waals surface area contributed by atoms with Gasteiger partial charge in [-0.25, -0.2) is 0 Å². The molecular formula is C7H6BrCl2N. The number of hydrogen-bond donors (Lipinski definition) is 0. The van der Waals surface area contributed by atoms with Gasteiger partial charge in [-0.3, -0.25) is 4.98 Å². The maximum Gasteiger partial charge on any atom is 0.130 e. The molecule has 0 spiro atoms. The van der Waals surface area contributed by atoms with Crippen LogP contribution in [0.4, 0.5) is 0 Å². The van der Waals surface area contributed by atoms with Gasteiger partial charge >= 0.3 is 0 Å². The summed E-state index contributed by atoms with van der Waals surface area (Å²) in [6.07, 6.45) is 0. The van der Waals surface area contributed by atoms with Gasteiger partial charge in [0.15, 0.2) is 0 Å². The van der Waals surface area contributed by atoms with Crippen LogP contribution in [-0.4, -0.2) is 4.98 Å². The highest BCUT2D eigenvalue weighted by Gasteiger charge is 2.03. The summed E-state index contributed by atoms with van der Waals surface area (Å²) in [4.78, 5) is 4.18. The first kappa shape index (κ1) is 9.30. The minimum atomic E-state index is -0.231. The monoisotopic (exact) mass is 253 g/mol. The maximum absolute atomic E-state index is 5.74. The first-order valence-corrected chi connectivity index (χ1v) is 4.92. The van der Waals surface area contributed by atoms with E-state index in [-0.39, 0.29) is 4.29 Å². The lowest BCUT2D eigenvalue weighted by atomic mass is 10.3. The summed E-state index contributed by atoms with van der Waals surface area (Å²) in [5.74, 6) is 0.421. The third-order valence-corrected chi connectivity index (χ3v) is 2.16. The maximum atomic E-state index is 5.74. The molecule has 0 saturated carbocycles. The average Bonchev–Trinajstić information content (AvgIpc) is 2.05. The van der Waals surface area contributed by atoms with Crippen LogP contribution < -0.4 is 0 Å². The molecule has 4 heteroatoms. The fourth-order valence-corrected chi connectivity index (χ4v) is 1.22. The molecule has 0 radical (unpaired) electrons. The van der Waals surface area contributed by atoms with Gasteiger partial charge in [0, 0.05) is 0 Å². The SMILES string of the molecule is ClCc1cccc(C(Cl)Br)n1. The smallest absolute Gasteiger partial charge is 0.130 e. The molecule has 0 aliphatic rings. The number of halogens is 3. The standard InChI is InChI=1S/C7H6BrCl2N/c8-7(10)6-3-1-2-5(4-9)11-6/h1-3,7H,4H2. The molecule has 11 heavy (non-hydrogen) atoms. The Morgan fingerprint density at radius 2 is 2.27 bits per heavy atom. The number of alkyl halides is 3. The van der Waals surface area contributed by atoms with Crippen LogP contribution in [-0.2, 0) is 5.88 Å². The van der Waals surface area contributed by atoms with Crippen LogP contribution in [0, 0.1) is 0 Å². The first-order chi connectivity index (χ1) is 5.24. The van der Waals surface area contributed by atoms with Gasteiger partial charge in [0.25, 0.3) is 0 Å². The zero-order valence-corrected chi connectivity index (χ0v) is 8.70. The largest absolute Gasteiger partial charge is 0.254 e. The highest BCUT2D eigenvalue weighted by atomic mass is 79.9. The lowest BCUT2D eigenvalue weighted by Gasteiger charge is -2.01. The molecule has 0 aliphatic carbocycles. The topological polar surface area (TPSA) is 12.9 Å². The van der Waals surface area contributed by atoms with Crippen LogP contribution in [0.15, 0.2) is 18.2 Å². The Morgan fingerprint density at radius 1 is 1.55 bits per heavy atom. The second-order valence-corrected chi connectivity index (χ2v) is 4.13. The predicted octanol–water partition coefficient (Wildman–Crippen LogP) is 3.45. The highest BCUT2D eigenvalue weighted by molar-refractivity contribution is 9.09. The van der Waals surface area contributed by atoms with E-state index >= 15 is 0 Å². The molecular weight excluding hydrogens is 249 g/mol. The van der Waals surface area contributed by atoms with Gasteiger partial charge in [0.2, 0.25) is 0 Å². The van der Waals surface area contributed by atoms with E-state index in [1.54, 1.807) is 0 Å². The van der Waals surface area contributed by atoms with E-state index < -0.39 is 0 Å². The van der Waals surface area contributed by atoms with E-state index in [0.29, 0.717) is 5.88 Å². The van der Waals surface area contributed by atoms with E-state index in [1.807, 2.05) is 18.2 Å². The summed E-state index contributed by atoms with van der Waals surface area (Å²) in [5, 5.41) is 0. The highest BCUT2D eigenvalue weighted by Crippen LogP contribution is 2.24. The van der Waals surface area contributed by atoms with E-state index in [2.05, 4.69) is 20.9 Å². The molecule has 0 fully saturated rings. The van der Waals surface area contributed by atoms with Crippen LogP contribution in [0.3, 0.4) is 0 Å². The van der Waals surface area contributed by atoms with Crippen LogP contribution in [0.1, 0.15) is 15.7 Å². The van der Waals surface area contributed by atoms with Gasteiger partial charge in [0.05, 0.1) is 17.3 Å². The number of aromatic nitrogens is 1. The van der Waals surface area contributed by atoms with Crippen molar-refractivity contribution in [2.24, 2.45) is 0 Å². The fraction of sp³-hybridized carbons (Fsp3) is 0.286. The Hall–Kier alpha value is 0.210. The summed E-state index contributed by atoms with van der Waals surface area (Å²) < 4.78 is -0.231. The number of hydrogen-bond acceptors (Lipinski definition) is 1. The summed E-state index contributed by atoms with van der Waals surface area (Å²) >= 11 is 14.5. The van der Waals surface area contributed by atoms with Gasteiger partial charge in [-0.15, -0.1) is 23.2 Å². The summed E-state index contributed by atoms with van der Waals surface area (Å²) in [5.41, 5.74) is 1.64. The molecule has 0 aliphatic heterocycles. The second kappa shape index (κ2) is 4.29. The zero-order valence-electron chi connectivity index (χ0n) is 5.60. The molecule has 1 heterocycles. The molecule has 1 unspecified atom stereocenters. The third kappa shape index (κ3) is 2.62. The first-order valence-electron chi connectivity index (χ1n) is 3.04. The number of pyridine rings is 1. The van der Waals surface area contributed by atoms with Gasteiger partial charge < -0.3 is 0 Å². The minimum Gasteiger partial charge on any atom is -0.254 e. The lowest BCUT2D eigenvalue weighted by molar-refractivity contribution is 1.08. The van der Waals surface area contributed by atoms with Gasteiger partial charge in [-0.05, 0) is 12.1 Å². The van der Waals surface area contributed by atoms with E-state index in [1.165, 1.54) is 0 Å². The van der Waals surface area contributed by atoms with Crippen LogP contribution in [0.25, 0.3) is 0 Å². The Bertz CT molecular complexity index is 240. The van der Waals surface area contributed by atoms with Gasteiger partial charge in [0.1, 0.15) is 4.29 Å². The van der Waals surface area contributed by atoms with E-state index in [4.69, 9.17) is 23.2 Å². The van der Waals surface area contributed by atoms with E-state index in [9.17, 15) is 0 Å². The molecule has 1 aromatic rings. The molecule has 0 saturated heterocycles. The van der Waals surface area contributed by atoms with Crippen molar-refractivity contribution < 1.29 is 0 Å². The second-order valence-electron chi connectivity index (χ2n) is 1.99.